The van der Waals surface area contributed by atoms with E-state index in [0.717, 1.165) is 25.0 Å². The van der Waals surface area contributed by atoms with Crippen molar-refractivity contribution >= 4 is 17.4 Å². The van der Waals surface area contributed by atoms with Crippen molar-refractivity contribution in [3.05, 3.63) is 53.5 Å². The molecule has 5 nitrogen and oxygen atoms in total. The highest BCUT2D eigenvalue weighted by Crippen LogP contribution is 2.16. The number of amides is 1. The Morgan fingerprint density at radius 3 is 2.61 bits per heavy atom. The fourth-order valence-corrected chi connectivity index (χ4v) is 2.15. The third-order valence-electron chi connectivity index (χ3n) is 3.44. The molecule has 1 amide bonds. The molecule has 0 radical (unpaired) electrons. The van der Waals surface area contributed by atoms with Crippen molar-refractivity contribution in [1.82, 2.24) is 4.98 Å². The van der Waals surface area contributed by atoms with Gasteiger partial charge in [-0.05, 0) is 44.2 Å². The van der Waals surface area contributed by atoms with Crippen LogP contribution in [0, 0.1) is 17.1 Å². The number of nitrogens with one attached hydrogen (secondary N) is 1. The Labute approximate surface area is 134 Å². The lowest BCUT2D eigenvalue weighted by atomic mass is 10.2. The van der Waals surface area contributed by atoms with E-state index >= 15 is 0 Å². The number of hydrogen-bond donors (Lipinski definition) is 1. The molecule has 0 saturated heterocycles. The van der Waals surface area contributed by atoms with Gasteiger partial charge in [-0.3, -0.25) is 4.79 Å². The number of halogens is 1. The van der Waals surface area contributed by atoms with Crippen molar-refractivity contribution in [2.75, 3.05) is 23.3 Å². The van der Waals surface area contributed by atoms with E-state index in [2.05, 4.69) is 15.2 Å². The third kappa shape index (κ3) is 3.83. The molecule has 0 spiro atoms. The summed E-state index contributed by atoms with van der Waals surface area (Å²) in [5.74, 6) is -0.171. The number of pyridine rings is 1. The summed E-state index contributed by atoms with van der Waals surface area (Å²) in [4.78, 5) is 18.5. The summed E-state index contributed by atoms with van der Waals surface area (Å²) in [6.07, 6.45) is 1.50. The van der Waals surface area contributed by atoms with E-state index in [1.54, 1.807) is 18.2 Å². The van der Waals surface area contributed by atoms with E-state index in [9.17, 15) is 9.18 Å². The SMILES string of the molecule is CCN(CC)c1ccc(C(=O)Nc2ccc(F)c(C#N)c2)cn1. The summed E-state index contributed by atoms with van der Waals surface area (Å²) in [5, 5.41) is 11.4. The normalized spacial score (nSPS) is 10.0. The summed E-state index contributed by atoms with van der Waals surface area (Å²) in [5.41, 5.74) is 0.641. The van der Waals surface area contributed by atoms with Crippen LogP contribution in [-0.4, -0.2) is 24.0 Å². The molecule has 1 aromatic carbocycles. The number of benzene rings is 1. The number of anilines is 2. The second-order valence-corrected chi connectivity index (χ2v) is 4.84. The Kier molecular flexibility index (Phi) is 5.26. The molecular formula is C17H17FN4O. The Bertz CT molecular complexity index is 733. The minimum atomic E-state index is -0.615. The number of carbonyl (C=O) groups is 1. The molecule has 2 rings (SSSR count). The molecule has 0 aliphatic heterocycles. The van der Waals surface area contributed by atoms with Crippen LogP contribution in [0.1, 0.15) is 29.8 Å². The smallest absolute Gasteiger partial charge is 0.257 e. The van der Waals surface area contributed by atoms with E-state index in [0.29, 0.717) is 11.3 Å². The molecule has 118 valence electrons. The first-order valence-corrected chi connectivity index (χ1v) is 7.31. The van der Waals surface area contributed by atoms with Crippen LogP contribution in [0.5, 0.6) is 0 Å². The van der Waals surface area contributed by atoms with E-state index in [4.69, 9.17) is 5.26 Å². The van der Waals surface area contributed by atoms with Gasteiger partial charge >= 0.3 is 0 Å². The molecule has 1 aromatic heterocycles. The molecule has 0 atom stereocenters. The number of nitriles is 1. The van der Waals surface area contributed by atoms with Gasteiger partial charge in [0.1, 0.15) is 17.7 Å². The van der Waals surface area contributed by atoms with Crippen LogP contribution in [0.4, 0.5) is 15.9 Å². The van der Waals surface area contributed by atoms with Crippen LogP contribution in [0.15, 0.2) is 36.5 Å². The van der Waals surface area contributed by atoms with Crippen molar-refractivity contribution < 1.29 is 9.18 Å². The topological polar surface area (TPSA) is 69.0 Å². The maximum Gasteiger partial charge on any atom is 0.257 e. The van der Waals surface area contributed by atoms with E-state index in [1.165, 1.54) is 18.3 Å². The van der Waals surface area contributed by atoms with Gasteiger partial charge in [0.05, 0.1) is 11.1 Å². The molecular weight excluding hydrogens is 295 g/mol. The summed E-state index contributed by atoms with van der Waals surface area (Å²) in [6.45, 7) is 5.74. The molecule has 0 bridgehead atoms. The summed E-state index contributed by atoms with van der Waals surface area (Å²) in [6, 6.07) is 9.06. The molecule has 0 aliphatic rings. The van der Waals surface area contributed by atoms with Gasteiger partial charge in [0.15, 0.2) is 0 Å². The minimum absolute atomic E-state index is 0.113. The number of rotatable bonds is 5. The number of hydrogen-bond acceptors (Lipinski definition) is 4. The lowest BCUT2D eigenvalue weighted by Crippen LogP contribution is -2.23. The first kappa shape index (κ1) is 16.4. The van der Waals surface area contributed by atoms with Crippen molar-refractivity contribution in [1.29, 1.82) is 5.26 Å². The Balaban J connectivity index is 2.13. The second-order valence-electron chi connectivity index (χ2n) is 4.84. The fourth-order valence-electron chi connectivity index (χ4n) is 2.15. The second kappa shape index (κ2) is 7.36. The highest BCUT2D eigenvalue weighted by Gasteiger charge is 2.10. The van der Waals surface area contributed by atoms with Crippen LogP contribution in [-0.2, 0) is 0 Å². The van der Waals surface area contributed by atoms with E-state index in [-0.39, 0.29) is 11.5 Å². The predicted molar refractivity (Wildman–Crippen MR) is 86.9 cm³/mol. The molecule has 6 heteroatoms. The Morgan fingerprint density at radius 1 is 1.30 bits per heavy atom. The number of aromatic nitrogens is 1. The highest BCUT2D eigenvalue weighted by atomic mass is 19.1. The zero-order valence-corrected chi connectivity index (χ0v) is 13.0. The quantitative estimate of drug-likeness (QED) is 0.920. The first-order chi connectivity index (χ1) is 11.1. The van der Waals surface area contributed by atoms with E-state index < -0.39 is 5.82 Å². The van der Waals surface area contributed by atoms with Crippen LogP contribution >= 0.6 is 0 Å². The molecule has 2 aromatic rings. The van der Waals surface area contributed by atoms with Gasteiger partial charge in [0.2, 0.25) is 0 Å². The van der Waals surface area contributed by atoms with Crippen molar-refractivity contribution in [3.8, 4) is 6.07 Å². The Hall–Kier alpha value is -2.94. The monoisotopic (exact) mass is 312 g/mol. The highest BCUT2D eigenvalue weighted by molar-refractivity contribution is 6.04. The lowest BCUT2D eigenvalue weighted by molar-refractivity contribution is 0.102. The van der Waals surface area contributed by atoms with Gasteiger partial charge in [-0.15, -0.1) is 0 Å². The maximum absolute atomic E-state index is 13.3. The lowest BCUT2D eigenvalue weighted by Gasteiger charge is -2.19. The third-order valence-corrected chi connectivity index (χ3v) is 3.44. The van der Waals surface area contributed by atoms with Gasteiger partial charge in [-0.25, -0.2) is 9.37 Å². The molecule has 0 unspecified atom stereocenters. The van der Waals surface area contributed by atoms with Gasteiger partial charge in [0, 0.05) is 25.0 Å². The van der Waals surface area contributed by atoms with Gasteiger partial charge in [-0.1, -0.05) is 0 Å². The van der Waals surface area contributed by atoms with Gasteiger partial charge < -0.3 is 10.2 Å². The fraction of sp³-hybridized carbons (Fsp3) is 0.235. The van der Waals surface area contributed by atoms with Crippen molar-refractivity contribution in [2.24, 2.45) is 0 Å². The Morgan fingerprint density at radius 2 is 2.04 bits per heavy atom. The van der Waals surface area contributed by atoms with Gasteiger partial charge in [-0.2, -0.15) is 5.26 Å². The zero-order valence-electron chi connectivity index (χ0n) is 13.0. The van der Waals surface area contributed by atoms with Crippen molar-refractivity contribution in [3.63, 3.8) is 0 Å². The van der Waals surface area contributed by atoms with Gasteiger partial charge in [0.25, 0.3) is 5.91 Å². The zero-order chi connectivity index (χ0) is 16.8. The van der Waals surface area contributed by atoms with Crippen LogP contribution in [0.3, 0.4) is 0 Å². The standard InChI is InChI=1S/C17H17FN4O/c1-3-22(4-2)16-8-5-12(11-20-16)17(23)21-14-6-7-15(18)13(9-14)10-19/h5-9,11H,3-4H2,1-2H3,(H,21,23). The molecule has 0 aliphatic carbocycles. The molecule has 1 heterocycles. The largest absolute Gasteiger partial charge is 0.357 e. The maximum atomic E-state index is 13.3. The van der Waals surface area contributed by atoms with Crippen LogP contribution in [0.2, 0.25) is 0 Å². The molecule has 23 heavy (non-hydrogen) atoms. The average molecular weight is 312 g/mol. The summed E-state index contributed by atoms with van der Waals surface area (Å²) >= 11 is 0. The molecule has 1 N–H and O–H groups in total. The molecule has 0 fully saturated rings. The number of carbonyl (C=O) groups excluding carboxylic acids is 1. The van der Waals surface area contributed by atoms with Crippen LogP contribution in [0.25, 0.3) is 0 Å². The molecule has 0 saturated carbocycles. The van der Waals surface area contributed by atoms with Crippen molar-refractivity contribution in [2.45, 2.75) is 13.8 Å². The predicted octanol–water partition coefficient (Wildman–Crippen LogP) is 3.19. The summed E-state index contributed by atoms with van der Waals surface area (Å²) < 4.78 is 13.3. The average Bonchev–Trinajstić information content (AvgIpc) is 2.58. The minimum Gasteiger partial charge on any atom is -0.357 e. The first-order valence-electron chi connectivity index (χ1n) is 7.31. The van der Waals surface area contributed by atoms with E-state index in [1.807, 2.05) is 13.8 Å². The number of nitrogens with zero attached hydrogens (tertiary/aromatic N) is 3. The van der Waals surface area contributed by atoms with Crippen LogP contribution < -0.4 is 10.2 Å². The summed E-state index contributed by atoms with van der Waals surface area (Å²) in [7, 11) is 0.